The highest BCUT2D eigenvalue weighted by Crippen LogP contribution is 2.16. The zero-order valence-corrected chi connectivity index (χ0v) is 8.98. The second-order valence-corrected chi connectivity index (χ2v) is 3.86. The van der Waals surface area contributed by atoms with Gasteiger partial charge in [0.2, 0.25) is 3.79 Å². The third kappa shape index (κ3) is 2.48. The Morgan fingerprint density at radius 1 is 1.36 bits per heavy atom. The van der Waals surface area contributed by atoms with Gasteiger partial charge >= 0.3 is 0 Å². The fraction of sp³-hybridized carbons (Fsp3) is 0.125. The molecular weight excluding hydrogens is 271 g/mol. The number of carbonyl (C=O) groups excluding carboxylic acids is 1. The van der Waals surface area contributed by atoms with Crippen molar-refractivity contribution < 1.29 is 4.79 Å². The van der Waals surface area contributed by atoms with Crippen LogP contribution in [0.25, 0.3) is 0 Å². The zero-order valence-electron chi connectivity index (χ0n) is 6.00. The minimum atomic E-state index is 0.0928. The van der Waals surface area contributed by atoms with E-state index in [0.717, 1.165) is 5.56 Å². The summed E-state index contributed by atoms with van der Waals surface area (Å²) in [4.78, 5) is 12.0. The van der Waals surface area contributed by atoms with E-state index in [2.05, 4.69) is 0 Å². The number of hydrogen-bond donors (Lipinski definition) is 0. The lowest BCUT2D eigenvalue weighted by Crippen LogP contribution is -1.85. The summed E-state index contributed by atoms with van der Waals surface area (Å²) in [5, 5.41) is 0. The molecule has 0 bridgehead atoms. The van der Waals surface area contributed by atoms with E-state index in [9.17, 15) is 4.79 Å². The molecule has 0 atom stereocenters. The smallest absolute Gasteiger partial charge is 0.222 e. The number of carbonyl (C=O) groups is 1. The summed E-state index contributed by atoms with van der Waals surface area (Å²) < 4.78 is 0.0928. The van der Waals surface area contributed by atoms with Gasteiger partial charge in [0, 0.05) is 33.0 Å². The van der Waals surface area contributed by atoms with Gasteiger partial charge in [-0.05, 0) is 30.5 Å². The average molecular weight is 278 g/mol. The van der Waals surface area contributed by atoms with Crippen molar-refractivity contribution in [2.24, 2.45) is 0 Å². The molecule has 0 spiro atoms. The number of benzene rings is 1. The van der Waals surface area contributed by atoms with Gasteiger partial charge in [0.25, 0.3) is 0 Å². The topological polar surface area (TPSA) is 17.1 Å². The van der Waals surface area contributed by atoms with Crippen LogP contribution in [0.5, 0.6) is 0 Å². The minimum absolute atomic E-state index is 0.0928. The highest BCUT2D eigenvalue weighted by molar-refractivity contribution is 14.1. The average Bonchev–Trinajstić information content (AvgIpc) is 2.05. The van der Waals surface area contributed by atoms with Gasteiger partial charge in [-0.3, -0.25) is 4.79 Å². The molecular formula is C8H7IOS. The van der Waals surface area contributed by atoms with Gasteiger partial charge in [0.15, 0.2) is 0 Å². The van der Waals surface area contributed by atoms with Crippen LogP contribution in [-0.2, 0) is 0 Å². The van der Waals surface area contributed by atoms with E-state index in [1.165, 1.54) is 4.90 Å². The van der Waals surface area contributed by atoms with E-state index in [1.54, 1.807) is 34.4 Å². The molecule has 0 radical (unpaired) electrons. The lowest BCUT2D eigenvalue weighted by molar-refractivity contribution is 0.110. The molecule has 0 aromatic heterocycles. The van der Waals surface area contributed by atoms with Crippen molar-refractivity contribution in [3.05, 3.63) is 29.8 Å². The Kier molecular flexibility index (Phi) is 3.39. The first-order valence-electron chi connectivity index (χ1n) is 3.08. The van der Waals surface area contributed by atoms with Crippen molar-refractivity contribution in [2.75, 3.05) is 6.26 Å². The van der Waals surface area contributed by atoms with Crippen LogP contribution in [0, 0.1) is 0 Å². The SMILES string of the molecule is CSc1ccc(C(=O)I)cc1. The lowest BCUT2D eigenvalue weighted by atomic mass is 10.2. The summed E-state index contributed by atoms with van der Waals surface area (Å²) in [5.41, 5.74) is 0.767. The molecule has 11 heavy (non-hydrogen) atoms. The Morgan fingerprint density at radius 2 is 1.91 bits per heavy atom. The van der Waals surface area contributed by atoms with Gasteiger partial charge in [0.05, 0.1) is 0 Å². The van der Waals surface area contributed by atoms with E-state index < -0.39 is 0 Å². The molecule has 0 heterocycles. The molecule has 0 saturated carbocycles. The Hall–Kier alpha value is -0.0300. The van der Waals surface area contributed by atoms with E-state index in [0.29, 0.717) is 0 Å². The van der Waals surface area contributed by atoms with Crippen molar-refractivity contribution in [1.82, 2.24) is 0 Å². The number of rotatable bonds is 2. The number of thioether (sulfide) groups is 1. The summed E-state index contributed by atoms with van der Waals surface area (Å²) in [7, 11) is 0. The van der Waals surface area contributed by atoms with Crippen molar-refractivity contribution >= 4 is 38.1 Å². The van der Waals surface area contributed by atoms with Crippen molar-refractivity contribution in [1.29, 1.82) is 0 Å². The first-order chi connectivity index (χ1) is 5.24. The quantitative estimate of drug-likeness (QED) is 0.470. The van der Waals surface area contributed by atoms with Crippen LogP contribution in [0.1, 0.15) is 10.4 Å². The second-order valence-electron chi connectivity index (χ2n) is 2.00. The number of hydrogen-bond acceptors (Lipinski definition) is 2. The predicted molar refractivity (Wildman–Crippen MR) is 56.6 cm³/mol. The van der Waals surface area contributed by atoms with Crippen LogP contribution in [0.3, 0.4) is 0 Å². The molecule has 1 aromatic carbocycles. The summed E-state index contributed by atoms with van der Waals surface area (Å²) in [6, 6.07) is 7.61. The highest BCUT2D eigenvalue weighted by Gasteiger charge is 1.98. The maximum Gasteiger partial charge on any atom is 0.222 e. The van der Waals surface area contributed by atoms with Gasteiger partial charge in [-0.1, -0.05) is 0 Å². The number of halogens is 1. The minimum Gasteiger partial charge on any atom is -0.282 e. The van der Waals surface area contributed by atoms with Crippen molar-refractivity contribution in [3.63, 3.8) is 0 Å². The molecule has 0 saturated heterocycles. The molecule has 0 aliphatic rings. The van der Waals surface area contributed by atoms with Gasteiger partial charge in [-0.15, -0.1) is 11.8 Å². The van der Waals surface area contributed by atoms with Crippen LogP contribution in [0.2, 0.25) is 0 Å². The van der Waals surface area contributed by atoms with Crippen LogP contribution in [0.15, 0.2) is 29.2 Å². The molecule has 0 N–H and O–H groups in total. The second kappa shape index (κ2) is 4.11. The first kappa shape index (κ1) is 9.06. The Balaban J connectivity index is 2.91. The van der Waals surface area contributed by atoms with Gasteiger partial charge in [0.1, 0.15) is 0 Å². The van der Waals surface area contributed by atoms with Crippen LogP contribution in [0.4, 0.5) is 0 Å². The van der Waals surface area contributed by atoms with Crippen LogP contribution in [-0.4, -0.2) is 10.0 Å². The van der Waals surface area contributed by atoms with Crippen molar-refractivity contribution in [2.45, 2.75) is 4.90 Å². The van der Waals surface area contributed by atoms with E-state index in [4.69, 9.17) is 0 Å². The molecule has 1 nitrogen and oxygen atoms in total. The van der Waals surface area contributed by atoms with Crippen LogP contribution < -0.4 is 0 Å². The van der Waals surface area contributed by atoms with E-state index >= 15 is 0 Å². The monoisotopic (exact) mass is 278 g/mol. The first-order valence-corrected chi connectivity index (χ1v) is 5.38. The molecule has 1 aromatic rings. The fourth-order valence-electron chi connectivity index (χ4n) is 0.722. The van der Waals surface area contributed by atoms with Crippen molar-refractivity contribution in [3.8, 4) is 0 Å². The van der Waals surface area contributed by atoms with Gasteiger partial charge < -0.3 is 0 Å². The van der Waals surface area contributed by atoms with Gasteiger partial charge in [-0.25, -0.2) is 0 Å². The molecule has 58 valence electrons. The largest absolute Gasteiger partial charge is 0.282 e. The fourth-order valence-corrected chi connectivity index (χ4v) is 1.49. The summed E-state index contributed by atoms with van der Waals surface area (Å²) in [6.07, 6.45) is 2.01. The summed E-state index contributed by atoms with van der Waals surface area (Å²) in [6.45, 7) is 0. The third-order valence-electron chi connectivity index (χ3n) is 1.32. The Labute approximate surface area is 83.7 Å². The lowest BCUT2D eigenvalue weighted by Gasteiger charge is -1.95. The molecule has 1 rings (SSSR count). The summed E-state index contributed by atoms with van der Waals surface area (Å²) in [5.74, 6) is 0. The maximum absolute atomic E-state index is 10.8. The van der Waals surface area contributed by atoms with E-state index in [1.807, 2.05) is 30.5 Å². The Bertz CT molecular complexity index is 255. The van der Waals surface area contributed by atoms with Crippen LogP contribution >= 0.6 is 34.4 Å². The molecule has 0 aliphatic carbocycles. The van der Waals surface area contributed by atoms with Gasteiger partial charge in [-0.2, -0.15) is 0 Å². The third-order valence-corrected chi connectivity index (χ3v) is 2.68. The zero-order chi connectivity index (χ0) is 8.27. The Morgan fingerprint density at radius 3 is 2.27 bits per heavy atom. The predicted octanol–water partition coefficient (Wildman–Crippen LogP) is 2.98. The summed E-state index contributed by atoms with van der Waals surface area (Å²) >= 11 is 3.46. The molecule has 0 fully saturated rings. The normalized spacial score (nSPS) is 9.64. The maximum atomic E-state index is 10.8. The highest BCUT2D eigenvalue weighted by atomic mass is 127. The molecule has 0 amide bonds. The molecule has 3 heteroatoms. The standard InChI is InChI=1S/C8H7IOS/c1-11-7-4-2-6(3-5-7)8(9)10/h2-5H,1H3. The molecule has 0 unspecified atom stereocenters. The van der Waals surface area contributed by atoms with E-state index in [-0.39, 0.29) is 3.79 Å². The molecule has 0 aliphatic heterocycles.